The fourth-order valence-electron chi connectivity index (χ4n) is 1.63. The molecule has 0 aromatic heterocycles. The van der Waals surface area contributed by atoms with Gasteiger partial charge >= 0.3 is 0 Å². The molecule has 0 spiro atoms. The van der Waals surface area contributed by atoms with E-state index in [0.717, 1.165) is 18.4 Å². The first-order valence-electron chi connectivity index (χ1n) is 5.14. The third kappa shape index (κ3) is 3.11. The normalized spacial score (nSPS) is 28.0. The minimum absolute atomic E-state index is 0.994. The predicted octanol–water partition coefficient (Wildman–Crippen LogP) is 1.18. The van der Waals surface area contributed by atoms with Crippen molar-refractivity contribution in [1.82, 2.24) is 10.2 Å². The number of nitrogens with one attached hydrogen (secondary N) is 1. The highest BCUT2D eigenvalue weighted by molar-refractivity contribution is 4.84. The second-order valence-corrected chi connectivity index (χ2v) is 3.97. The van der Waals surface area contributed by atoms with Crippen LogP contribution in [0.1, 0.15) is 20.3 Å². The van der Waals surface area contributed by atoms with Crippen molar-refractivity contribution in [3.05, 3.63) is 0 Å². The molecular weight excluding hydrogens is 148 g/mol. The molecule has 2 atom stereocenters. The van der Waals surface area contributed by atoms with E-state index in [4.69, 9.17) is 0 Å². The van der Waals surface area contributed by atoms with E-state index in [0.29, 0.717) is 0 Å². The molecule has 0 amide bonds. The van der Waals surface area contributed by atoms with E-state index in [-0.39, 0.29) is 0 Å². The molecular formula is C10H22N2. The van der Waals surface area contributed by atoms with Crippen LogP contribution in [0.2, 0.25) is 0 Å². The maximum atomic E-state index is 3.20. The lowest BCUT2D eigenvalue weighted by molar-refractivity contribution is 0.274. The van der Waals surface area contributed by atoms with Crippen LogP contribution < -0.4 is 5.32 Å². The largest absolute Gasteiger partial charge is 0.318 e. The molecule has 1 N–H and O–H groups in total. The third-order valence-corrected chi connectivity index (χ3v) is 2.89. The summed E-state index contributed by atoms with van der Waals surface area (Å²) in [5.74, 6) is 2.00. The molecule has 0 heterocycles. The van der Waals surface area contributed by atoms with Crippen LogP contribution in [-0.4, -0.2) is 38.1 Å². The Kier molecular flexibility index (Phi) is 4.02. The average Bonchev–Trinajstić information content (AvgIpc) is 2.75. The quantitative estimate of drug-likeness (QED) is 0.644. The Balaban J connectivity index is 2.08. The molecule has 0 saturated heterocycles. The van der Waals surface area contributed by atoms with Crippen molar-refractivity contribution in [2.75, 3.05) is 33.2 Å². The van der Waals surface area contributed by atoms with Crippen molar-refractivity contribution in [3.63, 3.8) is 0 Å². The maximum absolute atomic E-state index is 3.20. The number of hydrogen-bond donors (Lipinski definition) is 1. The predicted molar refractivity (Wildman–Crippen MR) is 53.3 cm³/mol. The molecule has 0 bridgehead atoms. The molecule has 0 aromatic carbocycles. The molecule has 1 aliphatic rings. The standard InChI is InChI=1S/C10H22N2/c1-4-12(6-5-11-3)8-10-7-9(10)2/h9-11H,4-8H2,1-3H3. The van der Waals surface area contributed by atoms with E-state index in [1.165, 1.54) is 26.1 Å². The molecule has 72 valence electrons. The highest BCUT2D eigenvalue weighted by atomic mass is 15.1. The zero-order chi connectivity index (χ0) is 8.97. The Morgan fingerprint density at radius 3 is 2.58 bits per heavy atom. The average molecular weight is 170 g/mol. The summed E-state index contributed by atoms with van der Waals surface area (Å²) in [6, 6.07) is 0. The smallest absolute Gasteiger partial charge is 0.0107 e. The van der Waals surface area contributed by atoms with Gasteiger partial charge in [-0.15, -0.1) is 0 Å². The molecule has 2 nitrogen and oxygen atoms in total. The second kappa shape index (κ2) is 4.83. The Hall–Kier alpha value is -0.0800. The summed E-state index contributed by atoms with van der Waals surface area (Å²) in [6.45, 7) is 9.45. The Labute approximate surface area is 76.3 Å². The van der Waals surface area contributed by atoms with Gasteiger partial charge in [0.05, 0.1) is 0 Å². The lowest BCUT2D eigenvalue weighted by Crippen LogP contribution is -2.32. The lowest BCUT2D eigenvalue weighted by Gasteiger charge is -2.19. The summed E-state index contributed by atoms with van der Waals surface area (Å²) in [5, 5.41) is 3.20. The fraction of sp³-hybridized carbons (Fsp3) is 1.00. The Morgan fingerprint density at radius 1 is 1.50 bits per heavy atom. The van der Waals surface area contributed by atoms with E-state index in [1.54, 1.807) is 0 Å². The monoisotopic (exact) mass is 170 g/mol. The van der Waals surface area contributed by atoms with Crippen LogP contribution in [0.3, 0.4) is 0 Å². The summed E-state index contributed by atoms with van der Waals surface area (Å²) < 4.78 is 0. The van der Waals surface area contributed by atoms with Crippen LogP contribution in [0, 0.1) is 11.8 Å². The zero-order valence-electron chi connectivity index (χ0n) is 8.64. The Bertz CT molecular complexity index is 125. The van der Waals surface area contributed by atoms with Crippen molar-refractivity contribution in [2.24, 2.45) is 11.8 Å². The Morgan fingerprint density at radius 2 is 2.17 bits per heavy atom. The highest BCUT2D eigenvalue weighted by Crippen LogP contribution is 2.37. The summed E-state index contributed by atoms with van der Waals surface area (Å²) >= 11 is 0. The van der Waals surface area contributed by atoms with Crippen LogP contribution in [0.15, 0.2) is 0 Å². The fourth-order valence-corrected chi connectivity index (χ4v) is 1.63. The van der Waals surface area contributed by atoms with Crippen molar-refractivity contribution in [3.8, 4) is 0 Å². The van der Waals surface area contributed by atoms with Gasteiger partial charge in [-0.05, 0) is 31.8 Å². The molecule has 1 saturated carbocycles. The van der Waals surface area contributed by atoms with Crippen molar-refractivity contribution in [2.45, 2.75) is 20.3 Å². The molecule has 12 heavy (non-hydrogen) atoms. The van der Waals surface area contributed by atoms with Gasteiger partial charge in [0.25, 0.3) is 0 Å². The number of hydrogen-bond acceptors (Lipinski definition) is 2. The minimum atomic E-state index is 0.994. The highest BCUT2D eigenvalue weighted by Gasteiger charge is 2.33. The molecule has 1 fully saturated rings. The van der Waals surface area contributed by atoms with Crippen molar-refractivity contribution in [1.29, 1.82) is 0 Å². The third-order valence-electron chi connectivity index (χ3n) is 2.89. The summed E-state index contributed by atoms with van der Waals surface area (Å²) in [5.41, 5.74) is 0. The van der Waals surface area contributed by atoms with Gasteiger partial charge in [-0.1, -0.05) is 13.8 Å². The minimum Gasteiger partial charge on any atom is -0.318 e. The van der Waals surface area contributed by atoms with Crippen molar-refractivity contribution < 1.29 is 0 Å². The summed E-state index contributed by atoms with van der Waals surface area (Å²) in [7, 11) is 2.02. The molecule has 1 aliphatic carbocycles. The van der Waals surface area contributed by atoms with Crippen molar-refractivity contribution >= 4 is 0 Å². The maximum Gasteiger partial charge on any atom is 0.0107 e. The molecule has 0 aliphatic heterocycles. The topological polar surface area (TPSA) is 15.3 Å². The number of nitrogens with zero attached hydrogens (tertiary/aromatic N) is 1. The van der Waals surface area contributed by atoms with Gasteiger partial charge in [0.2, 0.25) is 0 Å². The van der Waals surface area contributed by atoms with Crippen LogP contribution in [-0.2, 0) is 0 Å². The molecule has 0 radical (unpaired) electrons. The number of likely N-dealkylation sites (N-methyl/N-ethyl adjacent to an activating group) is 2. The second-order valence-electron chi connectivity index (χ2n) is 3.97. The first-order chi connectivity index (χ1) is 5.77. The molecule has 1 rings (SSSR count). The van der Waals surface area contributed by atoms with Gasteiger partial charge in [-0.25, -0.2) is 0 Å². The van der Waals surface area contributed by atoms with Gasteiger partial charge in [-0.2, -0.15) is 0 Å². The van der Waals surface area contributed by atoms with E-state index in [2.05, 4.69) is 24.1 Å². The van der Waals surface area contributed by atoms with E-state index in [1.807, 2.05) is 7.05 Å². The summed E-state index contributed by atoms with van der Waals surface area (Å²) in [4.78, 5) is 2.55. The molecule has 2 unspecified atom stereocenters. The van der Waals surface area contributed by atoms with Crippen LogP contribution >= 0.6 is 0 Å². The molecule has 0 aromatic rings. The lowest BCUT2D eigenvalue weighted by atomic mass is 10.3. The van der Waals surface area contributed by atoms with E-state index >= 15 is 0 Å². The SMILES string of the molecule is CCN(CCNC)CC1CC1C. The van der Waals surface area contributed by atoms with Gasteiger partial charge < -0.3 is 10.2 Å². The zero-order valence-corrected chi connectivity index (χ0v) is 8.64. The van der Waals surface area contributed by atoms with Crippen LogP contribution in [0.4, 0.5) is 0 Å². The van der Waals surface area contributed by atoms with Gasteiger partial charge in [0.1, 0.15) is 0 Å². The van der Waals surface area contributed by atoms with Gasteiger partial charge in [-0.3, -0.25) is 0 Å². The van der Waals surface area contributed by atoms with E-state index < -0.39 is 0 Å². The first-order valence-corrected chi connectivity index (χ1v) is 5.14. The first kappa shape index (κ1) is 10.0. The van der Waals surface area contributed by atoms with Gasteiger partial charge in [0, 0.05) is 19.6 Å². The summed E-state index contributed by atoms with van der Waals surface area (Å²) in [6.07, 6.45) is 1.45. The van der Waals surface area contributed by atoms with Gasteiger partial charge in [0.15, 0.2) is 0 Å². The van der Waals surface area contributed by atoms with Crippen LogP contribution in [0.5, 0.6) is 0 Å². The number of rotatable bonds is 6. The molecule has 2 heteroatoms. The van der Waals surface area contributed by atoms with Crippen LogP contribution in [0.25, 0.3) is 0 Å². The van der Waals surface area contributed by atoms with E-state index in [9.17, 15) is 0 Å².